The molecule has 0 bridgehead atoms. The Balaban J connectivity index is 0.000000531. The predicted octanol–water partition coefficient (Wildman–Crippen LogP) is 4.70. The lowest BCUT2D eigenvalue weighted by molar-refractivity contribution is 0.834. The fraction of sp³-hybridized carbons (Fsp3) is 0.600. The Morgan fingerprint density at radius 3 is 1.53 bits per heavy atom. The van der Waals surface area contributed by atoms with Gasteiger partial charge in [-0.15, -0.1) is 0 Å². The first-order valence-corrected chi connectivity index (χ1v) is 6.18. The molecule has 0 heteroatoms. The molecule has 0 heterocycles. The highest BCUT2D eigenvalue weighted by molar-refractivity contribution is 5.34. The van der Waals surface area contributed by atoms with Gasteiger partial charge in [0.2, 0.25) is 0 Å². The van der Waals surface area contributed by atoms with E-state index in [1.54, 1.807) is 5.56 Å². The summed E-state index contributed by atoms with van der Waals surface area (Å²) in [4.78, 5) is 0. The molecule has 0 aliphatic heterocycles. The zero-order chi connectivity index (χ0) is 11.6. The maximum absolute atomic E-state index is 2.35. The van der Waals surface area contributed by atoms with Crippen LogP contribution in [0.15, 0.2) is 18.2 Å². The van der Waals surface area contributed by atoms with E-state index in [0.29, 0.717) is 0 Å². The van der Waals surface area contributed by atoms with Gasteiger partial charge in [0.15, 0.2) is 0 Å². The van der Waals surface area contributed by atoms with Crippen molar-refractivity contribution in [2.24, 2.45) is 11.8 Å². The average Bonchev–Trinajstić information content (AvgIpc) is 2.76. The largest absolute Gasteiger partial charge is 0.0683 e. The maximum atomic E-state index is 2.35. The van der Waals surface area contributed by atoms with E-state index in [0.717, 1.165) is 17.8 Å². The third kappa shape index (κ3) is 2.62. The second-order valence-electron chi connectivity index (χ2n) is 4.67. The van der Waals surface area contributed by atoms with Crippen molar-refractivity contribution < 1.29 is 0 Å². The number of hydrogen-bond donors (Lipinski definition) is 0. The third-order valence-corrected chi connectivity index (χ3v) is 3.45. The molecule has 0 N–H and O–H groups in total. The zero-order valence-electron chi connectivity index (χ0n) is 11.0. The van der Waals surface area contributed by atoms with Gasteiger partial charge in [0.25, 0.3) is 0 Å². The second kappa shape index (κ2) is 4.83. The minimum Gasteiger partial charge on any atom is -0.0683 e. The fourth-order valence-electron chi connectivity index (χ4n) is 2.47. The van der Waals surface area contributed by atoms with Crippen LogP contribution in [0.5, 0.6) is 0 Å². The van der Waals surface area contributed by atoms with Crippen LogP contribution in [0.1, 0.15) is 50.3 Å². The zero-order valence-corrected chi connectivity index (χ0v) is 11.0. The van der Waals surface area contributed by atoms with E-state index in [1.165, 1.54) is 11.1 Å². The molecule has 15 heavy (non-hydrogen) atoms. The van der Waals surface area contributed by atoms with Gasteiger partial charge >= 0.3 is 0 Å². The van der Waals surface area contributed by atoms with Gasteiger partial charge in [0, 0.05) is 0 Å². The smallest absolute Gasteiger partial charge is 0.0105 e. The number of rotatable bonds is 1. The summed E-state index contributed by atoms with van der Waals surface area (Å²) in [5.74, 6) is 2.61. The van der Waals surface area contributed by atoms with E-state index in [1.807, 2.05) is 13.8 Å². The molecule has 1 fully saturated rings. The van der Waals surface area contributed by atoms with Crippen molar-refractivity contribution >= 4 is 0 Å². The molecule has 1 saturated carbocycles. The third-order valence-electron chi connectivity index (χ3n) is 3.45. The minimum atomic E-state index is 0.832. The Morgan fingerprint density at radius 1 is 0.800 bits per heavy atom. The molecule has 0 aromatic heterocycles. The van der Waals surface area contributed by atoms with E-state index >= 15 is 0 Å². The quantitative estimate of drug-likeness (QED) is 0.622. The van der Waals surface area contributed by atoms with Gasteiger partial charge in [-0.3, -0.25) is 0 Å². The summed E-state index contributed by atoms with van der Waals surface area (Å²) >= 11 is 0. The standard InChI is InChI=1S/C13H18.C2H6/c1-8-5-9(2)7-12(6-8)13-10(3)11(13)4;1-2/h5-7,10-11,13H,1-4H3;1-2H3/t10-,11+,13?;. The number of benzene rings is 1. The van der Waals surface area contributed by atoms with Gasteiger partial charge < -0.3 is 0 Å². The molecule has 0 radical (unpaired) electrons. The van der Waals surface area contributed by atoms with Gasteiger partial charge in [-0.05, 0) is 37.2 Å². The van der Waals surface area contributed by atoms with Crippen molar-refractivity contribution in [3.05, 3.63) is 34.9 Å². The fourth-order valence-corrected chi connectivity index (χ4v) is 2.47. The molecular weight excluding hydrogens is 180 g/mol. The van der Waals surface area contributed by atoms with Crippen LogP contribution in [0.4, 0.5) is 0 Å². The Hall–Kier alpha value is -0.780. The normalized spacial score (nSPS) is 28.0. The van der Waals surface area contributed by atoms with E-state index in [9.17, 15) is 0 Å². The maximum Gasteiger partial charge on any atom is -0.0105 e. The van der Waals surface area contributed by atoms with Crippen molar-refractivity contribution in [3.8, 4) is 0 Å². The summed E-state index contributed by atoms with van der Waals surface area (Å²) < 4.78 is 0. The lowest BCUT2D eigenvalue weighted by Crippen LogP contribution is -1.86. The lowest BCUT2D eigenvalue weighted by Gasteiger charge is -2.03. The van der Waals surface area contributed by atoms with Crippen LogP contribution >= 0.6 is 0 Å². The molecular formula is C15H24. The van der Waals surface area contributed by atoms with Gasteiger partial charge in [-0.2, -0.15) is 0 Å². The number of hydrogen-bond acceptors (Lipinski definition) is 0. The lowest BCUT2D eigenvalue weighted by atomic mass is 10.0. The van der Waals surface area contributed by atoms with Crippen LogP contribution in [0.2, 0.25) is 0 Å². The van der Waals surface area contributed by atoms with E-state index in [4.69, 9.17) is 0 Å². The Morgan fingerprint density at radius 2 is 1.20 bits per heavy atom. The first-order chi connectivity index (χ1) is 7.09. The van der Waals surface area contributed by atoms with Crippen molar-refractivity contribution in [3.63, 3.8) is 0 Å². The summed E-state index contributed by atoms with van der Waals surface area (Å²) in [7, 11) is 0. The Kier molecular flexibility index (Phi) is 3.96. The molecule has 2 rings (SSSR count). The van der Waals surface area contributed by atoms with Crippen LogP contribution in [0.3, 0.4) is 0 Å². The van der Waals surface area contributed by atoms with Crippen molar-refractivity contribution in [2.75, 3.05) is 0 Å². The molecule has 1 aliphatic carbocycles. The van der Waals surface area contributed by atoms with E-state index in [2.05, 4.69) is 45.9 Å². The monoisotopic (exact) mass is 204 g/mol. The molecule has 1 aromatic carbocycles. The minimum absolute atomic E-state index is 0.832. The van der Waals surface area contributed by atoms with Gasteiger partial charge in [-0.1, -0.05) is 57.0 Å². The van der Waals surface area contributed by atoms with Crippen LogP contribution in [0.25, 0.3) is 0 Å². The van der Waals surface area contributed by atoms with Crippen LogP contribution in [-0.2, 0) is 0 Å². The molecule has 84 valence electrons. The average molecular weight is 204 g/mol. The highest BCUT2D eigenvalue weighted by Gasteiger charge is 2.43. The number of aryl methyl sites for hydroxylation is 2. The topological polar surface area (TPSA) is 0 Å². The van der Waals surface area contributed by atoms with Crippen LogP contribution in [0, 0.1) is 25.7 Å². The van der Waals surface area contributed by atoms with Crippen molar-refractivity contribution in [1.82, 2.24) is 0 Å². The Labute approximate surface area is 94.7 Å². The first-order valence-electron chi connectivity index (χ1n) is 6.18. The summed E-state index contributed by atoms with van der Waals surface area (Å²) in [6, 6.07) is 6.94. The van der Waals surface area contributed by atoms with Crippen LogP contribution in [-0.4, -0.2) is 0 Å². The van der Waals surface area contributed by atoms with E-state index in [-0.39, 0.29) is 0 Å². The Bertz CT molecular complexity index is 297. The van der Waals surface area contributed by atoms with Crippen molar-refractivity contribution in [1.29, 1.82) is 0 Å². The summed E-state index contributed by atoms with van der Waals surface area (Å²) in [5, 5.41) is 0. The molecule has 1 aromatic rings. The summed E-state index contributed by atoms with van der Waals surface area (Å²) in [6.45, 7) is 13.1. The summed E-state index contributed by atoms with van der Waals surface area (Å²) in [6.07, 6.45) is 0. The second-order valence-corrected chi connectivity index (χ2v) is 4.67. The highest BCUT2D eigenvalue weighted by Crippen LogP contribution is 2.53. The van der Waals surface area contributed by atoms with Crippen molar-refractivity contribution in [2.45, 2.75) is 47.5 Å². The molecule has 0 spiro atoms. The van der Waals surface area contributed by atoms with Crippen LogP contribution < -0.4 is 0 Å². The summed E-state index contributed by atoms with van der Waals surface area (Å²) in [5.41, 5.74) is 4.36. The van der Waals surface area contributed by atoms with Gasteiger partial charge in [0.05, 0.1) is 0 Å². The molecule has 1 aliphatic rings. The SMILES string of the molecule is CC.Cc1cc(C)cc(C2[C@@H](C)[C@H]2C)c1. The first kappa shape index (κ1) is 12.3. The molecule has 0 nitrogen and oxygen atoms in total. The highest BCUT2D eigenvalue weighted by atomic mass is 14.5. The molecule has 1 unspecified atom stereocenters. The van der Waals surface area contributed by atoms with Gasteiger partial charge in [-0.25, -0.2) is 0 Å². The molecule has 3 atom stereocenters. The van der Waals surface area contributed by atoms with Gasteiger partial charge in [0.1, 0.15) is 0 Å². The van der Waals surface area contributed by atoms with E-state index < -0.39 is 0 Å². The molecule has 0 saturated heterocycles. The molecule has 0 amide bonds. The predicted molar refractivity (Wildman–Crippen MR) is 68.3 cm³/mol.